The molecule has 2 aromatic carbocycles. The first kappa shape index (κ1) is 20.3. The molecule has 0 saturated carbocycles. The summed E-state index contributed by atoms with van der Waals surface area (Å²) >= 11 is 0. The SMILES string of the molecule is CC(=O)Nc1ccc(CCNc2ccc([N+](=O)[O-])c(C(=O)N3CCCC3)c2)cc1. The summed E-state index contributed by atoms with van der Waals surface area (Å²) in [6.45, 7) is 3.35. The number of nitrogens with zero attached hydrogens (tertiary/aromatic N) is 2. The molecule has 8 nitrogen and oxygen atoms in total. The first-order chi connectivity index (χ1) is 13.9. The van der Waals surface area contributed by atoms with Gasteiger partial charge in [-0.25, -0.2) is 0 Å². The normalized spacial score (nSPS) is 13.2. The summed E-state index contributed by atoms with van der Waals surface area (Å²) < 4.78 is 0. The second-order valence-corrected chi connectivity index (χ2v) is 7.04. The summed E-state index contributed by atoms with van der Waals surface area (Å²) in [5.41, 5.74) is 2.46. The molecule has 0 atom stereocenters. The van der Waals surface area contributed by atoms with Crippen molar-refractivity contribution >= 4 is 28.9 Å². The number of rotatable bonds is 7. The molecule has 1 aliphatic heterocycles. The molecule has 29 heavy (non-hydrogen) atoms. The molecule has 2 N–H and O–H groups in total. The van der Waals surface area contributed by atoms with Gasteiger partial charge in [0.2, 0.25) is 5.91 Å². The number of nitro benzene ring substituents is 1. The highest BCUT2D eigenvalue weighted by Gasteiger charge is 2.26. The number of benzene rings is 2. The minimum atomic E-state index is -0.510. The van der Waals surface area contributed by atoms with Crippen LogP contribution in [-0.2, 0) is 11.2 Å². The topological polar surface area (TPSA) is 105 Å². The minimum Gasteiger partial charge on any atom is -0.385 e. The fraction of sp³-hybridized carbons (Fsp3) is 0.333. The molecule has 3 rings (SSSR count). The molecule has 0 aromatic heterocycles. The molecule has 1 heterocycles. The van der Waals surface area contributed by atoms with Crippen LogP contribution in [0.5, 0.6) is 0 Å². The number of amides is 2. The Balaban J connectivity index is 1.64. The van der Waals surface area contributed by atoms with Gasteiger partial charge in [-0.3, -0.25) is 19.7 Å². The summed E-state index contributed by atoms with van der Waals surface area (Å²) in [5.74, 6) is -0.400. The summed E-state index contributed by atoms with van der Waals surface area (Å²) in [6.07, 6.45) is 2.59. The summed E-state index contributed by atoms with van der Waals surface area (Å²) in [6, 6.07) is 12.1. The number of likely N-dealkylation sites (tertiary alicyclic amines) is 1. The van der Waals surface area contributed by atoms with E-state index in [1.165, 1.54) is 13.0 Å². The fourth-order valence-corrected chi connectivity index (χ4v) is 3.38. The second-order valence-electron chi connectivity index (χ2n) is 7.04. The molecule has 1 saturated heterocycles. The van der Waals surface area contributed by atoms with E-state index in [1.807, 2.05) is 24.3 Å². The van der Waals surface area contributed by atoms with Crippen molar-refractivity contribution in [2.75, 3.05) is 30.3 Å². The Kier molecular flexibility index (Phi) is 6.43. The zero-order valence-electron chi connectivity index (χ0n) is 16.3. The Morgan fingerprint density at radius 3 is 2.34 bits per heavy atom. The van der Waals surface area contributed by atoms with Crippen molar-refractivity contribution in [3.05, 3.63) is 63.7 Å². The maximum Gasteiger partial charge on any atom is 0.282 e. The van der Waals surface area contributed by atoms with E-state index in [2.05, 4.69) is 10.6 Å². The molecule has 1 fully saturated rings. The highest BCUT2D eigenvalue weighted by Crippen LogP contribution is 2.25. The Hall–Kier alpha value is -3.42. The lowest BCUT2D eigenvalue weighted by Crippen LogP contribution is -2.28. The van der Waals surface area contributed by atoms with E-state index in [0.29, 0.717) is 25.3 Å². The van der Waals surface area contributed by atoms with E-state index < -0.39 is 4.92 Å². The molecular weight excluding hydrogens is 372 g/mol. The van der Waals surface area contributed by atoms with Crippen LogP contribution in [0.3, 0.4) is 0 Å². The highest BCUT2D eigenvalue weighted by atomic mass is 16.6. The van der Waals surface area contributed by atoms with Crippen LogP contribution >= 0.6 is 0 Å². The number of nitrogens with one attached hydrogen (secondary N) is 2. The number of hydrogen-bond acceptors (Lipinski definition) is 5. The second kappa shape index (κ2) is 9.18. The average Bonchev–Trinajstić information content (AvgIpc) is 3.23. The van der Waals surface area contributed by atoms with Crippen LogP contribution in [0.4, 0.5) is 17.1 Å². The van der Waals surface area contributed by atoms with Crippen LogP contribution in [0, 0.1) is 10.1 Å². The van der Waals surface area contributed by atoms with Gasteiger partial charge in [-0.1, -0.05) is 12.1 Å². The Labute approximate surface area is 169 Å². The van der Waals surface area contributed by atoms with Gasteiger partial charge in [-0.15, -0.1) is 0 Å². The first-order valence-corrected chi connectivity index (χ1v) is 9.62. The zero-order valence-corrected chi connectivity index (χ0v) is 16.3. The van der Waals surface area contributed by atoms with E-state index in [1.54, 1.807) is 17.0 Å². The number of anilines is 2. The van der Waals surface area contributed by atoms with E-state index in [4.69, 9.17) is 0 Å². The standard InChI is InChI=1S/C21H24N4O4/c1-15(26)23-17-6-4-16(5-7-17)10-11-22-18-8-9-20(25(28)29)19(14-18)21(27)24-12-2-3-13-24/h4-9,14,22H,2-3,10-13H2,1H3,(H,23,26). The monoisotopic (exact) mass is 396 g/mol. The molecule has 2 amide bonds. The van der Waals surface area contributed by atoms with Gasteiger partial charge in [0.1, 0.15) is 5.56 Å². The molecule has 0 radical (unpaired) electrons. The van der Waals surface area contributed by atoms with E-state index in [-0.39, 0.29) is 23.1 Å². The lowest BCUT2D eigenvalue weighted by Gasteiger charge is -2.16. The minimum absolute atomic E-state index is 0.114. The fourth-order valence-electron chi connectivity index (χ4n) is 3.38. The molecule has 2 aromatic rings. The van der Waals surface area contributed by atoms with Gasteiger partial charge >= 0.3 is 0 Å². The van der Waals surface area contributed by atoms with Crippen molar-refractivity contribution in [1.82, 2.24) is 4.90 Å². The van der Waals surface area contributed by atoms with Crippen molar-refractivity contribution < 1.29 is 14.5 Å². The highest BCUT2D eigenvalue weighted by molar-refractivity contribution is 5.99. The Bertz CT molecular complexity index is 905. The van der Waals surface area contributed by atoms with Gasteiger partial charge in [-0.05, 0) is 49.1 Å². The molecule has 152 valence electrons. The number of nitro groups is 1. The van der Waals surface area contributed by atoms with E-state index in [9.17, 15) is 19.7 Å². The maximum atomic E-state index is 12.7. The van der Waals surface area contributed by atoms with Gasteiger partial charge in [0.05, 0.1) is 4.92 Å². The summed E-state index contributed by atoms with van der Waals surface area (Å²) in [5, 5.41) is 17.3. The van der Waals surface area contributed by atoms with E-state index in [0.717, 1.165) is 30.5 Å². The third-order valence-corrected chi connectivity index (χ3v) is 4.83. The molecule has 1 aliphatic rings. The summed E-state index contributed by atoms with van der Waals surface area (Å²) in [4.78, 5) is 36.2. The smallest absolute Gasteiger partial charge is 0.282 e. The number of carbonyl (C=O) groups excluding carboxylic acids is 2. The number of hydrogen-bond donors (Lipinski definition) is 2. The van der Waals surface area contributed by atoms with Crippen LogP contribution in [0.1, 0.15) is 35.7 Å². The molecule has 8 heteroatoms. The Morgan fingerprint density at radius 2 is 1.72 bits per heavy atom. The zero-order chi connectivity index (χ0) is 20.8. The van der Waals surface area contributed by atoms with Crippen LogP contribution < -0.4 is 10.6 Å². The van der Waals surface area contributed by atoms with Crippen molar-refractivity contribution in [1.29, 1.82) is 0 Å². The third-order valence-electron chi connectivity index (χ3n) is 4.83. The third kappa shape index (κ3) is 5.31. The first-order valence-electron chi connectivity index (χ1n) is 9.62. The van der Waals surface area contributed by atoms with Crippen molar-refractivity contribution in [2.45, 2.75) is 26.2 Å². The van der Waals surface area contributed by atoms with Gasteiger partial charge in [0, 0.05) is 44.0 Å². The Morgan fingerprint density at radius 1 is 1.07 bits per heavy atom. The quantitative estimate of drug-likeness (QED) is 0.551. The molecule has 0 spiro atoms. The number of carbonyl (C=O) groups is 2. The predicted molar refractivity (Wildman–Crippen MR) is 111 cm³/mol. The van der Waals surface area contributed by atoms with Gasteiger partial charge < -0.3 is 15.5 Å². The van der Waals surface area contributed by atoms with Crippen LogP contribution in [0.25, 0.3) is 0 Å². The largest absolute Gasteiger partial charge is 0.385 e. The predicted octanol–water partition coefficient (Wildman–Crippen LogP) is 3.44. The molecular formula is C21H24N4O4. The molecule has 0 unspecified atom stereocenters. The van der Waals surface area contributed by atoms with Gasteiger partial charge in [0.15, 0.2) is 0 Å². The van der Waals surface area contributed by atoms with Crippen molar-refractivity contribution in [3.63, 3.8) is 0 Å². The molecule has 0 bridgehead atoms. The maximum absolute atomic E-state index is 12.7. The summed E-state index contributed by atoms with van der Waals surface area (Å²) in [7, 11) is 0. The van der Waals surface area contributed by atoms with Crippen molar-refractivity contribution in [3.8, 4) is 0 Å². The van der Waals surface area contributed by atoms with E-state index >= 15 is 0 Å². The lowest BCUT2D eigenvalue weighted by atomic mass is 10.1. The van der Waals surface area contributed by atoms with Crippen molar-refractivity contribution in [2.24, 2.45) is 0 Å². The van der Waals surface area contributed by atoms with Gasteiger partial charge in [0.25, 0.3) is 11.6 Å². The van der Waals surface area contributed by atoms with Gasteiger partial charge in [-0.2, -0.15) is 0 Å². The van der Waals surface area contributed by atoms with Crippen LogP contribution in [0.15, 0.2) is 42.5 Å². The average molecular weight is 396 g/mol. The molecule has 0 aliphatic carbocycles. The van der Waals surface area contributed by atoms with Crippen LogP contribution in [-0.4, -0.2) is 41.3 Å². The lowest BCUT2D eigenvalue weighted by molar-refractivity contribution is -0.385. The van der Waals surface area contributed by atoms with Crippen LogP contribution in [0.2, 0.25) is 0 Å².